The summed E-state index contributed by atoms with van der Waals surface area (Å²) in [7, 11) is -1.71. The van der Waals surface area contributed by atoms with Crippen molar-refractivity contribution in [2.75, 3.05) is 13.2 Å². The quantitative estimate of drug-likeness (QED) is 0.494. The predicted octanol–water partition coefficient (Wildman–Crippen LogP) is 0.821. The number of ether oxygens (including phenoxy) is 1. The van der Waals surface area contributed by atoms with Crippen molar-refractivity contribution < 1.29 is 24.4 Å². The fourth-order valence-corrected chi connectivity index (χ4v) is 2.99. The van der Waals surface area contributed by atoms with Crippen molar-refractivity contribution >= 4 is 19.1 Å². The molecule has 0 bridgehead atoms. The van der Waals surface area contributed by atoms with E-state index >= 15 is 0 Å². The number of likely N-dealkylation sites (tertiary alicyclic amines) is 1. The van der Waals surface area contributed by atoms with E-state index in [1.807, 2.05) is 31.2 Å². The molecule has 2 atom stereocenters. The summed E-state index contributed by atoms with van der Waals surface area (Å²) in [5.74, 6) is -1.07. The van der Waals surface area contributed by atoms with Crippen LogP contribution in [0.3, 0.4) is 0 Å². The van der Waals surface area contributed by atoms with E-state index in [2.05, 4.69) is 11.9 Å². The van der Waals surface area contributed by atoms with Crippen LogP contribution in [0.4, 0.5) is 4.79 Å². The summed E-state index contributed by atoms with van der Waals surface area (Å²) >= 11 is 0. The van der Waals surface area contributed by atoms with E-state index in [1.54, 1.807) is 4.90 Å². The first kappa shape index (κ1) is 20.0. The molecule has 1 heterocycles. The SMILES string of the molecule is C=CC(=O)N1CCCC1COC(=O)NC(Cc1ccc(C)cc1)B(O)O. The van der Waals surface area contributed by atoms with Crippen molar-refractivity contribution in [1.29, 1.82) is 0 Å². The molecule has 1 aromatic rings. The van der Waals surface area contributed by atoms with Crippen LogP contribution < -0.4 is 5.32 Å². The van der Waals surface area contributed by atoms with Gasteiger partial charge in [0.25, 0.3) is 0 Å². The normalized spacial score (nSPS) is 17.5. The number of amides is 2. The highest BCUT2D eigenvalue weighted by Crippen LogP contribution is 2.18. The first-order valence-corrected chi connectivity index (χ1v) is 8.68. The molecule has 7 nitrogen and oxygen atoms in total. The third-order valence-corrected chi connectivity index (χ3v) is 4.48. The summed E-state index contributed by atoms with van der Waals surface area (Å²) in [6.07, 6.45) is 2.37. The summed E-state index contributed by atoms with van der Waals surface area (Å²) in [4.78, 5) is 25.4. The van der Waals surface area contributed by atoms with Crippen molar-refractivity contribution in [1.82, 2.24) is 10.2 Å². The smallest absolute Gasteiger partial charge is 0.447 e. The molecule has 140 valence electrons. The van der Waals surface area contributed by atoms with Crippen molar-refractivity contribution in [3.05, 3.63) is 48.0 Å². The molecule has 1 aliphatic heterocycles. The van der Waals surface area contributed by atoms with Crippen LogP contribution in [0.2, 0.25) is 0 Å². The van der Waals surface area contributed by atoms with E-state index in [4.69, 9.17) is 4.74 Å². The average Bonchev–Trinajstić information content (AvgIpc) is 3.09. The lowest BCUT2D eigenvalue weighted by Gasteiger charge is -2.24. The molecule has 0 aliphatic carbocycles. The van der Waals surface area contributed by atoms with Gasteiger partial charge in [-0.05, 0) is 37.8 Å². The van der Waals surface area contributed by atoms with Crippen LogP contribution in [0, 0.1) is 6.92 Å². The molecule has 3 N–H and O–H groups in total. The maximum atomic E-state index is 12.0. The minimum absolute atomic E-state index is 0.0597. The van der Waals surface area contributed by atoms with Gasteiger partial charge < -0.3 is 25.0 Å². The number of benzene rings is 1. The van der Waals surface area contributed by atoms with Crippen molar-refractivity contribution in [2.45, 2.75) is 38.2 Å². The number of hydrogen-bond acceptors (Lipinski definition) is 5. The number of nitrogens with zero attached hydrogens (tertiary/aromatic N) is 1. The van der Waals surface area contributed by atoms with E-state index in [9.17, 15) is 19.6 Å². The highest BCUT2D eigenvalue weighted by atomic mass is 16.5. The third-order valence-electron chi connectivity index (χ3n) is 4.48. The van der Waals surface area contributed by atoms with E-state index in [0.29, 0.717) is 6.54 Å². The Morgan fingerprint density at radius 1 is 1.42 bits per heavy atom. The average molecular weight is 360 g/mol. The van der Waals surface area contributed by atoms with Gasteiger partial charge in [-0.15, -0.1) is 0 Å². The van der Waals surface area contributed by atoms with E-state index < -0.39 is 19.2 Å². The topological polar surface area (TPSA) is 99.1 Å². The Morgan fingerprint density at radius 2 is 2.12 bits per heavy atom. The summed E-state index contributed by atoms with van der Waals surface area (Å²) in [6.45, 7) is 6.11. The Labute approximate surface area is 153 Å². The highest BCUT2D eigenvalue weighted by molar-refractivity contribution is 6.43. The number of aryl methyl sites for hydroxylation is 1. The number of carbonyl (C=O) groups excluding carboxylic acids is 2. The molecular formula is C18H25BN2O5. The number of rotatable bonds is 7. The van der Waals surface area contributed by atoms with Gasteiger partial charge in [-0.2, -0.15) is 0 Å². The Balaban J connectivity index is 1.86. The molecule has 8 heteroatoms. The lowest BCUT2D eigenvalue weighted by molar-refractivity contribution is -0.127. The maximum Gasteiger partial charge on any atom is 0.475 e. The first-order chi connectivity index (χ1) is 12.4. The Morgan fingerprint density at radius 3 is 2.73 bits per heavy atom. The molecule has 1 fully saturated rings. The van der Waals surface area contributed by atoms with Gasteiger partial charge in [0.1, 0.15) is 6.61 Å². The Kier molecular flexibility index (Phi) is 7.23. The fourth-order valence-electron chi connectivity index (χ4n) is 2.99. The minimum atomic E-state index is -1.71. The predicted molar refractivity (Wildman–Crippen MR) is 98.3 cm³/mol. The minimum Gasteiger partial charge on any atom is -0.447 e. The molecular weight excluding hydrogens is 335 g/mol. The molecule has 0 aromatic heterocycles. The van der Waals surface area contributed by atoms with Gasteiger partial charge in [0.05, 0.1) is 12.0 Å². The molecule has 0 radical (unpaired) electrons. The fraction of sp³-hybridized carbons (Fsp3) is 0.444. The number of hydrogen-bond donors (Lipinski definition) is 3. The standard InChI is InChI=1S/C18H25BN2O5/c1-3-17(22)21-10-4-5-15(21)12-26-18(23)20-16(19(24)25)11-14-8-6-13(2)7-9-14/h3,6-9,15-16,24-25H,1,4-5,10-12H2,2H3,(H,20,23). The van der Waals surface area contributed by atoms with Crippen LogP contribution in [0.5, 0.6) is 0 Å². The second-order valence-corrected chi connectivity index (χ2v) is 6.48. The van der Waals surface area contributed by atoms with Gasteiger partial charge in [0.15, 0.2) is 0 Å². The zero-order valence-electron chi connectivity index (χ0n) is 14.9. The lowest BCUT2D eigenvalue weighted by atomic mass is 9.76. The lowest BCUT2D eigenvalue weighted by Crippen LogP contribution is -2.48. The molecule has 1 aromatic carbocycles. The summed E-state index contributed by atoms with van der Waals surface area (Å²) in [6, 6.07) is 7.39. The molecule has 0 spiro atoms. The van der Waals surface area contributed by atoms with E-state index in [1.165, 1.54) is 6.08 Å². The summed E-state index contributed by atoms with van der Waals surface area (Å²) in [5, 5.41) is 21.5. The maximum absolute atomic E-state index is 12.0. The van der Waals surface area contributed by atoms with Crippen molar-refractivity contribution in [2.24, 2.45) is 0 Å². The largest absolute Gasteiger partial charge is 0.475 e. The van der Waals surface area contributed by atoms with E-state index in [0.717, 1.165) is 24.0 Å². The third kappa shape index (κ3) is 5.61. The monoisotopic (exact) mass is 360 g/mol. The zero-order chi connectivity index (χ0) is 19.1. The first-order valence-electron chi connectivity index (χ1n) is 8.68. The van der Waals surface area contributed by atoms with Gasteiger partial charge in [0.2, 0.25) is 5.91 Å². The molecule has 26 heavy (non-hydrogen) atoms. The molecule has 2 unspecified atom stereocenters. The molecule has 0 saturated carbocycles. The summed E-state index contributed by atoms with van der Waals surface area (Å²) in [5.41, 5.74) is 1.96. The van der Waals surface area contributed by atoms with Crippen LogP contribution in [0.25, 0.3) is 0 Å². The number of nitrogens with one attached hydrogen (secondary N) is 1. The van der Waals surface area contributed by atoms with Crippen LogP contribution in [-0.4, -0.2) is 59.2 Å². The molecule has 1 saturated heterocycles. The molecule has 1 aliphatic rings. The number of carbonyl (C=O) groups is 2. The van der Waals surface area contributed by atoms with Gasteiger partial charge in [-0.3, -0.25) is 4.79 Å². The molecule has 2 rings (SSSR count). The Hall–Kier alpha value is -2.32. The van der Waals surface area contributed by atoms with Gasteiger partial charge in [-0.1, -0.05) is 36.4 Å². The molecule has 2 amide bonds. The van der Waals surface area contributed by atoms with Crippen LogP contribution in [0.1, 0.15) is 24.0 Å². The van der Waals surface area contributed by atoms with Crippen LogP contribution in [-0.2, 0) is 16.0 Å². The second kappa shape index (κ2) is 9.40. The van der Waals surface area contributed by atoms with E-state index in [-0.39, 0.29) is 25.0 Å². The van der Waals surface area contributed by atoms with Gasteiger partial charge >= 0.3 is 13.2 Å². The zero-order valence-corrected chi connectivity index (χ0v) is 14.9. The highest BCUT2D eigenvalue weighted by Gasteiger charge is 2.30. The Bertz CT molecular complexity index is 635. The second-order valence-electron chi connectivity index (χ2n) is 6.48. The van der Waals surface area contributed by atoms with Crippen LogP contribution in [0.15, 0.2) is 36.9 Å². The van der Waals surface area contributed by atoms with Crippen LogP contribution >= 0.6 is 0 Å². The van der Waals surface area contributed by atoms with Crippen molar-refractivity contribution in [3.8, 4) is 0 Å². The van der Waals surface area contributed by atoms with Crippen molar-refractivity contribution in [3.63, 3.8) is 0 Å². The number of alkyl carbamates (subject to hydrolysis) is 1. The van der Waals surface area contributed by atoms with Gasteiger partial charge in [0, 0.05) is 6.54 Å². The van der Waals surface area contributed by atoms with Gasteiger partial charge in [-0.25, -0.2) is 4.79 Å². The summed E-state index contributed by atoms with van der Waals surface area (Å²) < 4.78 is 5.19.